The van der Waals surface area contributed by atoms with Crippen LogP contribution in [0.1, 0.15) is 33.2 Å². The molecule has 106 valence electrons. The highest BCUT2D eigenvalue weighted by Crippen LogP contribution is 2.23. The van der Waals surface area contributed by atoms with Crippen LogP contribution in [0.25, 0.3) is 0 Å². The van der Waals surface area contributed by atoms with E-state index in [1.807, 2.05) is 6.07 Å². The molecule has 0 saturated carbocycles. The molecule has 1 heterocycles. The van der Waals surface area contributed by atoms with Gasteiger partial charge in [-0.05, 0) is 12.1 Å². The summed E-state index contributed by atoms with van der Waals surface area (Å²) < 4.78 is 9.26. The first-order valence-corrected chi connectivity index (χ1v) is 5.96. The van der Waals surface area contributed by atoms with E-state index in [9.17, 15) is 14.7 Å². The summed E-state index contributed by atoms with van der Waals surface area (Å²) in [6.45, 7) is 0. The molecule has 0 amide bonds. The van der Waals surface area contributed by atoms with Gasteiger partial charge in [0.25, 0.3) is 0 Å². The van der Waals surface area contributed by atoms with Gasteiger partial charge in [0.15, 0.2) is 0 Å². The van der Waals surface area contributed by atoms with Crippen molar-refractivity contribution in [1.29, 1.82) is 5.26 Å². The van der Waals surface area contributed by atoms with E-state index in [1.165, 1.54) is 25.3 Å². The molecule has 21 heavy (non-hydrogen) atoms. The van der Waals surface area contributed by atoms with Crippen LogP contribution in [0, 0.1) is 11.3 Å². The van der Waals surface area contributed by atoms with E-state index >= 15 is 0 Å². The van der Waals surface area contributed by atoms with E-state index in [1.54, 1.807) is 12.1 Å². The minimum atomic E-state index is -1.37. The maximum absolute atomic E-state index is 11.7. The van der Waals surface area contributed by atoms with Gasteiger partial charge in [0.05, 0.1) is 29.9 Å². The van der Waals surface area contributed by atoms with E-state index < -0.39 is 17.7 Å². The molecule has 0 fully saturated rings. The van der Waals surface area contributed by atoms with Gasteiger partial charge in [0.2, 0.25) is 0 Å². The Balaban J connectivity index is 2.53. The Morgan fingerprint density at radius 1 is 1.38 bits per heavy atom. The summed E-state index contributed by atoms with van der Waals surface area (Å²) in [5.41, 5.74) is -0.439. The molecule has 1 unspecified atom stereocenters. The average Bonchev–Trinajstić information content (AvgIpc) is 2.53. The molecule has 0 spiro atoms. The summed E-state index contributed by atoms with van der Waals surface area (Å²) in [5, 5.41) is 19.3. The molecule has 2 rings (SSSR count). The van der Waals surface area contributed by atoms with Gasteiger partial charge in [-0.25, -0.2) is 9.59 Å². The lowest BCUT2D eigenvalue weighted by Gasteiger charge is -2.12. The molecule has 0 aliphatic rings. The number of hydrogen-bond donors (Lipinski definition) is 1. The molecule has 0 saturated heterocycles. The Morgan fingerprint density at radius 2 is 2.10 bits per heavy atom. The van der Waals surface area contributed by atoms with Crippen LogP contribution in [0.4, 0.5) is 0 Å². The number of aliphatic hydroxyl groups excluding tert-OH is 1. The fraction of sp³-hybridized carbons (Fsp3) is 0.133. The summed E-state index contributed by atoms with van der Waals surface area (Å²) in [4.78, 5) is 23.2. The lowest BCUT2D eigenvalue weighted by molar-refractivity contribution is 0.0597. The quantitative estimate of drug-likeness (QED) is 0.855. The van der Waals surface area contributed by atoms with Gasteiger partial charge in [-0.1, -0.05) is 18.2 Å². The highest BCUT2D eigenvalue weighted by atomic mass is 16.5. The number of benzene rings is 1. The number of methoxy groups -OCH3 is 1. The lowest BCUT2D eigenvalue weighted by Crippen LogP contribution is -2.16. The number of rotatable bonds is 3. The zero-order valence-electron chi connectivity index (χ0n) is 11.1. The SMILES string of the molecule is COC(=O)c1coc(=O)c(C(O)c2ccccc2C#N)c1. The van der Waals surface area contributed by atoms with Gasteiger partial charge in [-0.15, -0.1) is 0 Å². The van der Waals surface area contributed by atoms with Crippen molar-refractivity contribution in [1.82, 2.24) is 0 Å². The van der Waals surface area contributed by atoms with Crippen LogP contribution in [-0.4, -0.2) is 18.2 Å². The van der Waals surface area contributed by atoms with Gasteiger partial charge in [-0.2, -0.15) is 5.26 Å². The largest absolute Gasteiger partial charge is 0.465 e. The van der Waals surface area contributed by atoms with Crippen LogP contribution in [0.3, 0.4) is 0 Å². The minimum Gasteiger partial charge on any atom is -0.465 e. The third kappa shape index (κ3) is 2.83. The van der Waals surface area contributed by atoms with Gasteiger partial charge in [0.1, 0.15) is 12.4 Å². The molecule has 1 atom stereocenters. The number of esters is 1. The van der Waals surface area contributed by atoms with Crippen molar-refractivity contribution in [2.45, 2.75) is 6.10 Å². The topological polar surface area (TPSA) is 101 Å². The monoisotopic (exact) mass is 285 g/mol. The van der Waals surface area contributed by atoms with Crippen LogP contribution in [0.5, 0.6) is 0 Å². The summed E-state index contributed by atoms with van der Waals surface area (Å²) in [5.74, 6) is -0.694. The number of nitriles is 1. The molecule has 1 N–H and O–H groups in total. The van der Waals surface area contributed by atoms with Gasteiger partial charge >= 0.3 is 11.6 Å². The molecule has 6 heteroatoms. The van der Waals surface area contributed by atoms with Crippen molar-refractivity contribution in [2.24, 2.45) is 0 Å². The van der Waals surface area contributed by atoms with Crippen LogP contribution in [0.15, 0.2) is 45.8 Å². The molecule has 1 aromatic heterocycles. The zero-order valence-corrected chi connectivity index (χ0v) is 11.1. The summed E-state index contributed by atoms with van der Waals surface area (Å²) in [6.07, 6.45) is -0.415. The van der Waals surface area contributed by atoms with Crippen molar-refractivity contribution in [3.63, 3.8) is 0 Å². The molecule has 0 aliphatic carbocycles. The number of ether oxygens (including phenoxy) is 1. The number of hydrogen-bond acceptors (Lipinski definition) is 6. The number of carbonyl (C=O) groups excluding carboxylic acids is 1. The summed E-state index contributed by atoms with van der Waals surface area (Å²) in [7, 11) is 1.19. The van der Waals surface area contributed by atoms with Gasteiger partial charge in [0, 0.05) is 5.56 Å². The summed E-state index contributed by atoms with van der Waals surface area (Å²) >= 11 is 0. The van der Waals surface area contributed by atoms with Gasteiger partial charge in [-0.3, -0.25) is 0 Å². The van der Waals surface area contributed by atoms with E-state index in [0.29, 0.717) is 0 Å². The third-order valence-corrected chi connectivity index (χ3v) is 2.93. The smallest absolute Gasteiger partial charge is 0.341 e. The zero-order chi connectivity index (χ0) is 15.4. The lowest BCUT2D eigenvalue weighted by atomic mass is 9.98. The molecule has 2 aromatic rings. The van der Waals surface area contributed by atoms with Crippen LogP contribution in [-0.2, 0) is 4.74 Å². The van der Waals surface area contributed by atoms with Crippen molar-refractivity contribution >= 4 is 5.97 Å². The first kappa shape index (κ1) is 14.5. The highest BCUT2D eigenvalue weighted by Gasteiger charge is 2.20. The Hall–Kier alpha value is -2.91. The first-order chi connectivity index (χ1) is 10.1. The predicted molar refractivity (Wildman–Crippen MR) is 71.5 cm³/mol. The van der Waals surface area contributed by atoms with Crippen LogP contribution in [0.2, 0.25) is 0 Å². The highest BCUT2D eigenvalue weighted by molar-refractivity contribution is 5.88. The van der Waals surface area contributed by atoms with Crippen molar-refractivity contribution in [2.75, 3.05) is 7.11 Å². The Labute approximate surface area is 119 Å². The van der Waals surface area contributed by atoms with Crippen molar-refractivity contribution in [3.05, 3.63) is 69.3 Å². The normalized spacial score (nSPS) is 11.5. The van der Waals surface area contributed by atoms with Crippen LogP contribution < -0.4 is 5.63 Å². The molecule has 1 aromatic carbocycles. The maximum atomic E-state index is 11.7. The van der Waals surface area contributed by atoms with E-state index in [-0.39, 0.29) is 22.3 Å². The fourth-order valence-electron chi connectivity index (χ4n) is 1.87. The second-order valence-electron chi connectivity index (χ2n) is 4.17. The Kier molecular flexibility index (Phi) is 4.16. The second-order valence-corrected chi connectivity index (χ2v) is 4.17. The van der Waals surface area contributed by atoms with Gasteiger partial charge < -0.3 is 14.3 Å². The summed E-state index contributed by atoms with van der Waals surface area (Å²) in [6, 6.07) is 9.43. The van der Waals surface area contributed by atoms with Crippen molar-refractivity contribution < 1.29 is 19.1 Å². The standard InChI is InChI=1S/C15H11NO5/c1-20-14(18)10-6-12(15(19)21-8-10)13(17)11-5-3-2-4-9(11)7-16/h2-6,8,13,17H,1H3. The molecule has 0 aliphatic heterocycles. The van der Waals surface area contributed by atoms with Crippen molar-refractivity contribution in [3.8, 4) is 6.07 Å². The third-order valence-electron chi connectivity index (χ3n) is 2.93. The molecular weight excluding hydrogens is 274 g/mol. The van der Waals surface area contributed by atoms with E-state index in [4.69, 9.17) is 9.68 Å². The number of nitrogens with zero attached hydrogens (tertiary/aromatic N) is 1. The first-order valence-electron chi connectivity index (χ1n) is 5.96. The number of carbonyl (C=O) groups is 1. The molecule has 0 radical (unpaired) electrons. The average molecular weight is 285 g/mol. The molecule has 6 nitrogen and oxygen atoms in total. The van der Waals surface area contributed by atoms with E-state index in [2.05, 4.69) is 4.74 Å². The van der Waals surface area contributed by atoms with E-state index in [0.717, 1.165) is 6.26 Å². The number of aliphatic hydroxyl groups is 1. The maximum Gasteiger partial charge on any atom is 0.341 e. The fourth-order valence-corrected chi connectivity index (χ4v) is 1.87. The minimum absolute atomic E-state index is 0.000545. The Bertz CT molecular complexity index is 772. The molecular formula is C15H11NO5. The van der Waals surface area contributed by atoms with Crippen LogP contribution >= 0.6 is 0 Å². The Morgan fingerprint density at radius 3 is 2.76 bits per heavy atom. The second kappa shape index (κ2) is 6.03. The predicted octanol–water partition coefficient (Wildman–Crippen LogP) is 1.38. The molecule has 0 bridgehead atoms.